The Morgan fingerprint density at radius 1 is 1.43 bits per heavy atom. The summed E-state index contributed by atoms with van der Waals surface area (Å²) in [4.78, 5) is 10.7. The Kier molecular flexibility index (Phi) is 5.87. The number of rotatable bonds is 8. The number of carboxylic acids is 1. The van der Waals surface area contributed by atoms with Crippen molar-refractivity contribution in [2.45, 2.75) is 45.2 Å². The van der Waals surface area contributed by atoms with E-state index in [0.29, 0.717) is 5.69 Å². The lowest BCUT2D eigenvalue weighted by Crippen LogP contribution is -2.29. The molecule has 2 N–H and O–H groups in total. The van der Waals surface area contributed by atoms with E-state index in [1.165, 1.54) is 13.8 Å². The van der Waals surface area contributed by atoms with Gasteiger partial charge < -0.3 is 9.84 Å². The summed E-state index contributed by atoms with van der Waals surface area (Å²) in [5.74, 6) is -1.08. The van der Waals surface area contributed by atoms with Crippen LogP contribution in [0.2, 0.25) is 0 Å². The van der Waals surface area contributed by atoms with Gasteiger partial charge in [-0.3, -0.25) is 9.48 Å². The Labute approximate surface area is 124 Å². The lowest BCUT2D eigenvalue weighted by Gasteiger charge is -2.09. The maximum Gasteiger partial charge on any atom is 0.325 e. The topological polar surface area (TPSA) is 111 Å². The van der Waals surface area contributed by atoms with Crippen LogP contribution in [0.15, 0.2) is 4.90 Å². The Bertz CT molecular complexity index is 607. The van der Waals surface area contributed by atoms with Crippen molar-refractivity contribution in [1.29, 1.82) is 0 Å². The van der Waals surface area contributed by atoms with Crippen LogP contribution in [0.3, 0.4) is 0 Å². The summed E-state index contributed by atoms with van der Waals surface area (Å²) in [7, 11) is -3.74. The van der Waals surface area contributed by atoms with E-state index in [4.69, 9.17) is 9.84 Å². The molecule has 0 fully saturated rings. The summed E-state index contributed by atoms with van der Waals surface area (Å²) < 4.78 is 33.4. The molecular formula is C12H21N3O5S. The first-order valence-corrected chi connectivity index (χ1v) is 8.00. The van der Waals surface area contributed by atoms with Crippen LogP contribution in [0.1, 0.15) is 25.2 Å². The largest absolute Gasteiger partial charge is 0.480 e. The molecule has 21 heavy (non-hydrogen) atoms. The molecule has 0 spiro atoms. The predicted molar refractivity (Wildman–Crippen MR) is 75.6 cm³/mol. The van der Waals surface area contributed by atoms with Crippen molar-refractivity contribution in [3.63, 3.8) is 0 Å². The fourth-order valence-corrected chi connectivity index (χ4v) is 3.31. The molecule has 1 rings (SSSR count). The van der Waals surface area contributed by atoms with Crippen LogP contribution in [-0.2, 0) is 26.1 Å². The number of aliphatic carboxylic acids is 1. The van der Waals surface area contributed by atoms with Gasteiger partial charge in [-0.2, -0.15) is 5.10 Å². The van der Waals surface area contributed by atoms with Crippen molar-refractivity contribution in [2.24, 2.45) is 0 Å². The Morgan fingerprint density at radius 2 is 2.05 bits per heavy atom. The van der Waals surface area contributed by atoms with E-state index in [0.717, 1.165) is 4.68 Å². The number of carboxylic acid groups (broad SMARTS) is 1. The van der Waals surface area contributed by atoms with Crippen molar-refractivity contribution in [3.05, 3.63) is 11.4 Å². The van der Waals surface area contributed by atoms with E-state index >= 15 is 0 Å². The molecule has 0 aliphatic rings. The third-order valence-electron chi connectivity index (χ3n) is 2.71. The van der Waals surface area contributed by atoms with Gasteiger partial charge in [0.1, 0.15) is 11.4 Å². The molecular weight excluding hydrogens is 298 g/mol. The van der Waals surface area contributed by atoms with E-state index in [1.807, 2.05) is 13.8 Å². The summed E-state index contributed by atoms with van der Waals surface area (Å²) in [6.45, 7) is 6.81. The number of sulfonamides is 1. The van der Waals surface area contributed by atoms with Crippen molar-refractivity contribution in [1.82, 2.24) is 14.5 Å². The van der Waals surface area contributed by atoms with Gasteiger partial charge in [0.25, 0.3) is 0 Å². The number of nitrogens with one attached hydrogen (secondary N) is 1. The first-order chi connectivity index (χ1) is 9.65. The molecule has 8 nitrogen and oxygen atoms in total. The third kappa shape index (κ3) is 4.80. The fraction of sp³-hybridized carbons (Fsp3) is 0.667. The highest BCUT2D eigenvalue weighted by molar-refractivity contribution is 7.89. The standard InChI is InChI=1S/C12H21N3O5S/c1-8(2)20-6-5-13-21(18,19)12-9(3)14-15(10(12)4)7-11(16)17/h8,13H,5-7H2,1-4H3,(H,16,17). The highest BCUT2D eigenvalue weighted by atomic mass is 32.2. The van der Waals surface area contributed by atoms with Crippen LogP contribution in [0, 0.1) is 13.8 Å². The van der Waals surface area contributed by atoms with Crippen LogP contribution >= 0.6 is 0 Å². The molecule has 0 aliphatic carbocycles. The maximum atomic E-state index is 12.3. The molecule has 0 unspecified atom stereocenters. The molecule has 0 atom stereocenters. The second kappa shape index (κ2) is 7.01. The zero-order chi connectivity index (χ0) is 16.2. The molecule has 1 aromatic rings. The number of ether oxygens (including phenoxy) is 1. The number of nitrogens with zero attached hydrogens (tertiary/aromatic N) is 2. The Balaban J connectivity index is 2.88. The van der Waals surface area contributed by atoms with E-state index in [9.17, 15) is 13.2 Å². The van der Waals surface area contributed by atoms with Gasteiger partial charge >= 0.3 is 5.97 Å². The van der Waals surface area contributed by atoms with Crippen LogP contribution in [-0.4, -0.2) is 48.5 Å². The van der Waals surface area contributed by atoms with Gasteiger partial charge in [0.15, 0.2) is 0 Å². The Morgan fingerprint density at radius 3 is 2.57 bits per heavy atom. The zero-order valence-corrected chi connectivity index (χ0v) is 13.4. The minimum absolute atomic E-state index is 0.0216. The summed E-state index contributed by atoms with van der Waals surface area (Å²) in [6, 6.07) is 0. The summed E-state index contributed by atoms with van der Waals surface area (Å²) in [6.07, 6.45) is 0.0243. The second-order valence-corrected chi connectivity index (χ2v) is 6.57. The van der Waals surface area contributed by atoms with Crippen molar-refractivity contribution in [3.8, 4) is 0 Å². The van der Waals surface area contributed by atoms with Gasteiger partial charge in [-0.15, -0.1) is 0 Å². The van der Waals surface area contributed by atoms with E-state index in [-0.39, 0.29) is 36.4 Å². The molecule has 1 heterocycles. The summed E-state index contributed by atoms with van der Waals surface area (Å²) in [5.41, 5.74) is 0.568. The van der Waals surface area contributed by atoms with E-state index in [2.05, 4.69) is 9.82 Å². The molecule has 0 radical (unpaired) electrons. The van der Waals surface area contributed by atoms with E-state index in [1.54, 1.807) is 0 Å². The van der Waals surface area contributed by atoms with Gasteiger partial charge in [-0.25, -0.2) is 13.1 Å². The predicted octanol–water partition coefficient (Wildman–Crippen LogP) is 0.288. The van der Waals surface area contributed by atoms with E-state index < -0.39 is 16.0 Å². The van der Waals surface area contributed by atoms with Gasteiger partial charge in [-0.1, -0.05) is 0 Å². The minimum atomic E-state index is -3.74. The van der Waals surface area contributed by atoms with Gasteiger partial charge in [0.2, 0.25) is 10.0 Å². The smallest absolute Gasteiger partial charge is 0.325 e. The van der Waals surface area contributed by atoms with Crippen molar-refractivity contribution >= 4 is 16.0 Å². The average molecular weight is 319 g/mol. The van der Waals surface area contributed by atoms with Crippen molar-refractivity contribution in [2.75, 3.05) is 13.2 Å². The van der Waals surface area contributed by atoms with Crippen LogP contribution in [0.4, 0.5) is 0 Å². The highest BCUT2D eigenvalue weighted by Crippen LogP contribution is 2.18. The third-order valence-corrected chi connectivity index (χ3v) is 4.43. The maximum absolute atomic E-state index is 12.3. The highest BCUT2D eigenvalue weighted by Gasteiger charge is 2.24. The molecule has 1 aromatic heterocycles. The lowest BCUT2D eigenvalue weighted by atomic mass is 10.4. The number of aryl methyl sites for hydroxylation is 1. The van der Waals surface area contributed by atoms with Crippen LogP contribution in [0.5, 0.6) is 0 Å². The average Bonchev–Trinajstić information content (AvgIpc) is 2.59. The fourth-order valence-electron chi connectivity index (χ4n) is 1.89. The molecule has 9 heteroatoms. The lowest BCUT2D eigenvalue weighted by molar-refractivity contribution is -0.137. The first-order valence-electron chi connectivity index (χ1n) is 6.52. The quantitative estimate of drug-likeness (QED) is 0.666. The monoisotopic (exact) mass is 319 g/mol. The summed E-state index contributed by atoms with van der Waals surface area (Å²) in [5, 5.41) is 12.7. The molecule has 0 amide bonds. The number of hydrogen-bond acceptors (Lipinski definition) is 5. The van der Waals surface area contributed by atoms with Crippen LogP contribution < -0.4 is 4.72 Å². The SMILES string of the molecule is Cc1nn(CC(=O)O)c(C)c1S(=O)(=O)NCCOC(C)C. The molecule has 0 bridgehead atoms. The number of carbonyl (C=O) groups is 1. The number of hydrogen-bond donors (Lipinski definition) is 2. The Hall–Kier alpha value is -1.45. The molecule has 0 saturated carbocycles. The summed E-state index contributed by atoms with van der Waals surface area (Å²) >= 11 is 0. The molecule has 0 saturated heterocycles. The normalized spacial score (nSPS) is 12.0. The first kappa shape index (κ1) is 17.6. The molecule has 120 valence electrons. The van der Waals surface area contributed by atoms with Gasteiger partial charge in [-0.05, 0) is 27.7 Å². The van der Waals surface area contributed by atoms with Gasteiger partial charge in [0.05, 0.1) is 24.1 Å². The van der Waals surface area contributed by atoms with Crippen LogP contribution in [0.25, 0.3) is 0 Å². The molecule has 0 aliphatic heterocycles. The zero-order valence-electron chi connectivity index (χ0n) is 12.6. The second-order valence-electron chi connectivity index (χ2n) is 4.87. The van der Waals surface area contributed by atoms with Crippen molar-refractivity contribution < 1.29 is 23.1 Å². The number of aromatic nitrogens is 2. The van der Waals surface area contributed by atoms with Gasteiger partial charge in [0, 0.05) is 6.54 Å². The molecule has 0 aromatic carbocycles. The minimum Gasteiger partial charge on any atom is -0.480 e.